The van der Waals surface area contributed by atoms with Crippen molar-refractivity contribution in [1.29, 1.82) is 0 Å². The Morgan fingerprint density at radius 1 is 1.22 bits per heavy atom. The predicted molar refractivity (Wildman–Crippen MR) is 75.0 cm³/mol. The average molecular weight is 310 g/mol. The van der Waals surface area contributed by atoms with Gasteiger partial charge in [-0.05, 0) is 60.0 Å². The number of aromatic nitrogens is 1. The van der Waals surface area contributed by atoms with E-state index >= 15 is 0 Å². The summed E-state index contributed by atoms with van der Waals surface area (Å²) in [5.41, 5.74) is 4.14. The van der Waals surface area contributed by atoms with Gasteiger partial charge in [0.25, 0.3) is 0 Å². The molecule has 0 unspecified atom stereocenters. The van der Waals surface area contributed by atoms with Gasteiger partial charge in [-0.15, -0.1) is 0 Å². The molecule has 1 aromatic heterocycles. The van der Waals surface area contributed by atoms with Crippen molar-refractivity contribution >= 4 is 15.9 Å². The Hall–Kier alpha value is -1.29. The zero-order chi connectivity index (χ0) is 13.3. The lowest BCUT2D eigenvalue weighted by atomic mass is 10.0. The molecular formula is C14H16BrNO2. The third-order valence-corrected chi connectivity index (χ3v) is 3.31. The largest absolute Gasteiger partial charge is 0.494 e. The number of hydrogen-bond donors (Lipinski definition) is 0. The molecule has 96 valence electrons. The van der Waals surface area contributed by atoms with E-state index in [0.29, 0.717) is 17.2 Å². The van der Waals surface area contributed by atoms with Gasteiger partial charge in [0.1, 0.15) is 11.4 Å². The van der Waals surface area contributed by atoms with Crippen LogP contribution in [0.3, 0.4) is 0 Å². The minimum absolute atomic E-state index is 0.655. The van der Waals surface area contributed by atoms with E-state index in [9.17, 15) is 0 Å². The second-order valence-electron chi connectivity index (χ2n) is 4.22. The first-order valence-corrected chi connectivity index (χ1v) is 6.69. The van der Waals surface area contributed by atoms with Crippen molar-refractivity contribution in [2.45, 2.75) is 27.7 Å². The van der Waals surface area contributed by atoms with Crippen molar-refractivity contribution in [2.24, 2.45) is 0 Å². The van der Waals surface area contributed by atoms with Gasteiger partial charge in [-0.3, -0.25) is 0 Å². The molecule has 0 aliphatic heterocycles. The molecule has 0 saturated heterocycles. The number of aryl methyl sites for hydroxylation is 3. The van der Waals surface area contributed by atoms with Crippen LogP contribution < -0.4 is 4.74 Å². The monoisotopic (exact) mass is 309 g/mol. The summed E-state index contributed by atoms with van der Waals surface area (Å²) in [6, 6.07) is 4.13. The van der Waals surface area contributed by atoms with Crippen molar-refractivity contribution in [3.05, 3.63) is 33.8 Å². The number of oxazole rings is 1. The van der Waals surface area contributed by atoms with E-state index in [1.807, 2.05) is 33.8 Å². The number of rotatable bonds is 3. The molecule has 2 rings (SSSR count). The molecule has 2 aromatic rings. The van der Waals surface area contributed by atoms with E-state index in [-0.39, 0.29) is 0 Å². The maximum absolute atomic E-state index is 5.59. The molecule has 1 aromatic carbocycles. The zero-order valence-electron chi connectivity index (χ0n) is 11.0. The van der Waals surface area contributed by atoms with Gasteiger partial charge in [0.2, 0.25) is 0 Å². The fourth-order valence-electron chi connectivity index (χ4n) is 1.92. The molecule has 0 radical (unpaired) electrons. The molecule has 0 bridgehead atoms. The highest BCUT2D eigenvalue weighted by Gasteiger charge is 2.14. The first-order valence-electron chi connectivity index (χ1n) is 5.90. The third-order valence-electron chi connectivity index (χ3n) is 2.77. The average Bonchev–Trinajstić information content (AvgIpc) is 2.63. The van der Waals surface area contributed by atoms with Crippen LogP contribution in [0, 0.1) is 20.8 Å². The van der Waals surface area contributed by atoms with Gasteiger partial charge >= 0.3 is 0 Å². The smallest absolute Gasteiger partial charge is 0.197 e. The molecule has 0 N–H and O–H groups in total. The van der Waals surface area contributed by atoms with Crippen LogP contribution in [0.2, 0.25) is 0 Å². The minimum atomic E-state index is 0.655. The van der Waals surface area contributed by atoms with Crippen molar-refractivity contribution < 1.29 is 9.15 Å². The van der Waals surface area contributed by atoms with Gasteiger partial charge in [-0.25, -0.2) is 4.98 Å². The zero-order valence-corrected chi connectivity index (χ0v) is 12.6. The van der Waals surface area contributed by atoms with Crippen molar-refractivity contribution in [3.8, 4) is 17.0 Å². The first-order chi connectivity index (χ1) is 8.52. The number of hydrogen-bond acceptors (Lipinski definition) is 3. The second kappa shape index (κ2) is 5.14. The van der Waals surface area contributed by atoms with E-state index in [1.54, 1.807) is 0 Å². The molecule has 0 aliphatic rings. The minimum Gasteiger partial charge on any atom is -0.494 e. The topological polar surface area (TPSA) is 35.3 Å². The number of halogens is 1. The summed E-state index contributed by atoms with van der Waals surface area (Å²) in [6.07, 6.45) is 0. The van der Waals surface area contributed by atoms with Crippen LogP contribution in [0.15, 0.2) is 21.2 Å². The third kappa shape index (κ3) is 2.43. The Morgan fingerprint density at radius 3 is 2.50 bits per heavy atom. The molecule has 0 atom stereocenters. The SMILES string of the molecule is CCOc1cc(C)c(-c2nc(C)oc2Br)cc1C. The van der Waals surface area contributed by atoms with Crippen LogP contribution in [0.4, 0.5) is 0 Å². The Labute approximate surface area is 115 Å². The summed E-state index contributed by atoms with van der Waals surface area (Å²) in [7, 11) is 0. The molecule has 0 saturated carbocycles. The summed E-state index contributed by atoms with van der Waals surface area (Å²) in [4.78, 5) is 4.40. The number of benzene rings is 1. The van der Waals surface area contributed by atoms with Gasteiger partial charge in [-0.1, -0.05) is 0 Å². The predicted octanol–water partition coefficient (Wildman–Crippen LogP) is 4.43. The quantitative estimate of drug-likeness (QED) is 0.841. The van der Waals surface area contributed by atoms with Crippen LogP contribution in [0.25, 0.3) is 11.3 Å². The highest BCUT2D eigenvalue weighted by molar-refractivity contribution is 9.10. The van der Waals surface area contributed by atoms with E-state index < -0.39 is 0 Å². The Bertz CT molecular complexity index is 575. The highest BCUT2D eigenvalue weighted by Crippen LogP contribution is 2.34. The van der Waals surface area contributed by atoms with E-state index in [4.69, 9.17) is 9.15 Å². The van der Waals surface area contributed by atoms with Crippen LogP contribution in [-0.4, -0.2) is 11.6 Å². The van der Waals surface area contributed by atoms with Crippen molar-refractivity contribution in [2.75, 3.05) is 6.61 Å². The van der Waals surface area contributed by atoms with E-state index in [1.165, 1.54) is 0 Å². The molecule has 0 fully saturated rings. The van der Waals surface area contributed by atoms with Crippen LogP contribution in [0.1, 0.15) is 23.9 Å². The van der Waals surface area contributed by atoms with Crippen molar-refractivity contribution in [1.82, 2.24) is 4.98 Å². The molecular weight excluding hydrogens is 294 g/mol. The summed E-state index contributed by atoms with van der Waals surface area (Å²) in [5.74, 6) is 1.58. The lowest BCUT2D eigenvalue weighted by molar-refractivity contribution is 0.337. The van der Waals surface area contributed by atoms with Gasteiger partial charge in [0, 0.05) is 12.5 Å². The van der Waals surface area contributed by atoms with Gasteiger partial charge in [0.05, 0.1) is 6.61 Å². The maximum Gasteiger partial charge on any atom is 0.197 e. The number of nitrogens with zero attached hydrogens (tertiary/aromatic N) is 1. The standard InChI is InChI=1S/C14H16BrNO2/c1-5-17-12-7-8(2)11(6-9(12)3)13-14(15)18-10(4)16-13/h6-7H,5H2,1-4H3. The molecule has 18 heavy (non-hydrogen) atoms. The summed E-state index contributed by atoms with van der Waals surface area (Å²) in [6.45, 7) is 8.58. The lowest BCUT2D eigenvalue weighted by Gasteiger charge is -2.11. The van der Waals surface area contributed by atoms with Crippen LogP contribution in [0.5, 0.6) is 5.75 Å². The van der Waals surface area contributed by atoms with E-state index in [0.717, 1.165) is 28.1 Å². The fourth-order valence-corrected chi connectivity index (χ4v) is 2.46. The normalized spacial score (nSPS) is 10.7. The summed E-state index contributed by atoms with van der Waals surface area (Å²) < 4.78 is 11.7. The highest BCUT2D eigenvalue weighted by atomic mass is 79.9. The van der Waals surface area contributed by atoms with Crippen LogP contribution >= 0.6 is 15.9 Å². The Kier molecular flexibility index (Phi) is 3.76. The molecule has 4 heteroatoms. The molecule has 1 heterocycles. The van der Waals surface area contributed by atoms with Gasteiger partial charge in [-0.2, -0.15) is 0 Å². The Morgan fingerprint density at radius 2 is 1.94 bits per heavy atom. The van der Waals surface area contributed by atoms with Gasteiger partial charge in [0.15, 0.2) is 10.6 Å². The Balaban J connectivity index is 2.52. The summed E-state index contributed by atoms with van der Waals surface area (Å²) in [5, 5.41) is 0. The lowest BCUT2D eigenvalue weighted by Crippen LogP contribution is -1.96. The van der Waals surface area contributed by atoms with Gasteiger partial charge < -0.3 is 9.15 Å². The van der Waals surface area contributed by atoms with E-state index in [2.05, 4.69) is 27.0 Å². The molecule has 3 nitrogen and oxygen atoms in total. The maximum atomic E-state index is 5.59. The van der Waals surface area contributed by atoms with Crippen molar-refractivity contribution in [3.63, 3.8) is 0 Å². The first kappa shape index (κ1) is 13.1. The number of ether oxygens (including phenoxy) is 1. The molecule has 0 aliphatic carbocycles. The molecule has 0 amide bonds. The fraction of sp³-hybridized carbons (Fsp3) is 0.357. The second-order valence-corrected chi connectivity index (χ2v) is 4.94. The van der Waals surface area contributed by atoms with Crippen LogP contribution in [-0.2, 0) is 0 Å². The summed E-state index contributed by atoms with van der Waals surface area (Å²) >= 11 is 3.40. The molecule has 0 spiro atoms.